The minimum atomic E-state index is -0.231. The normalized spacial score (nSPS) is 21.0. The van der Waals surface area contributed by atoms with E-state index in [0.29, 0.717) is 6.61 Å². The number of rotatable bonds is 5. The van der Waals surface area contributed by atoms with Crippen LogP contribution in [-0.4, -0.2) is 24.9 Å². The maximum atomic E-state index is 9.20. The van der Waals surface area contributed by atoms with E-state index in [2.05, 4.69) is 0 Å². The fourth-order valence-electron chi connectivity index (χ4n) is 1.11. The zero-order valence-electron chi connectivity index (χ0n) is 6.55. The Morgan fingerprint density at radius 3 is 2.80 bits per heavy atom. The molecule has 1 N–H and O–H groups in total. The molecule has 1 rings (SSSR count). The molecule has 1 unspecified atom stereocenters. The monoisotopic (exact) mass is 144 g/mol. The van der Waals surface area contributed by atoms with Crippen molar-refractivity contribution in [2.45, 2.75) is 31.8 Å². The summed E-state index contributed by atoms with van der Waals surface area (Å²) in [4.78, 5) is 0. The molecule has 0 saturated heterocycles. The molecule has 60 valence electrons. The van der Waals surface area contributed by atoms with Crippen LogP contribution < -0.4 is 0 Å². The van der Waals surface area contributed by atoms with Crippen molar-refractivity contribution < 1.29 is 9.84 Å². The van der Waals surface area contributed by atoms with E-state index in [-0.39, 0.29) is 6.10 Å². The van der Waals surface area contributed by atoms with Crippen molar-refractivity contribution in [3.8, 4) is 0 Å². The minimum absolute atomic E-state index is 0.231. The van der Waals surface area contributed by atoms with Crippen LogP contribution in [0.5, 0.6) is 0 Å². The molecule has 0 heterocycles. The van der Waals surface area contributed by atoms with Gasteiger partial charge in [-0.1, -0.05) is 12.8 Å². The van der Waals surface area contributed by atoms with E-state index in [1.165, 1.54) is 19.3 Å². The van der Waals surface area contributed by atoms with Crippen LogP contribution in [0.4, 0.5) is 0 Å². The Hall–Kier alpha value is -0.0800. The molecule has 0 spiro atoms. The standard InChI is InChI=1S/C8H16O2/c1-10-6-8(9)5-4-7-2-3-7/h7-9H,2-6H2,1H3. The molecule has 0 aromatic rings. The smallest absolute Gasteiger partial charge is 0.0773 e. The molecule has 1 aliphatic rings. The average molecular weight is 144 g/mol. The van der Waals surface area contributed by atoms with Crippen molar-refractivity contribution in [2.24, 2.45) is 5.92 Å². The van der Waals surface area contributed by atoms with Crippen molar-refractivity contribution >= 4 is 0 Å². The number of hydrogen-bond donors (Lipinski definition) is 1. The van der Waals surface area contributed by atoms with Crippen molar-refractivity contribution in [3.05, 3.63) is 0 Å². The summed E-state index contributed by atoms with van der Waals surface area (Å²) in [6.45, 7) is 0.493. The molecule has 1 fully saturated rings. The molecular formula is C8H16O2. The first kappa shape index (κ1) is 8.02. The summed E-state index contributed by atoms with van der Waals surface area (Å²) in [5.41, 5.74) is 0. The van der Waals surface area contributed by atoms with Gasteiger partial charge in [-0.05, 0) is 18.8 Å². The van der Waals surface area contributed by atoms with Crippen LogP contribution in [0.1, 0.15) is 25.7 Å². The number of ether oxygens (including phenoxy) is 1. The molecule has 0 amide bonds. The predicted molar refractivity (Wildman–Crippen MR) is 39.8 cm³/mol. The van der Waals surface area contributed by atoms with Crippen molar-refractivity contribution in [1.29, 1.82) is 0 Å². The summed E-state index contributed by atoms with van der Waals surface area (Å²) in [6.07, 6.45) is 4.62. The fourth-order valence-corrected chi connectivity index (χ4v) is 1.11. The maximum absolute atomic E-state index is 9.20. The van der Waals surface area contributed by atoms with Gasteiger partial charge in [0, 0.05) is 7.11 Å². The number of aliphatic hydroxyl groups excluding tert-OH is 1. The highest BCUT2D eigenvalue weighted by atomic mass is 16.5. The van der Waals surface area contributed by atoms with Crippen LogP contribution in [0.15, 0.2) is 0 Å². The number of aliphatic hydroxyl groups is 1. The van der Waals surface area contributed by atoms with Gasteiger partial charge in [0.15, 0.2) is 0 Å². The summed E-state index contributed by atoms with van der Waals surface area (Å²) < 4.78 is 4.81. The van der Waals surface area contributed by atoms with Gasteiger partial charge < -0.3 is 9.84 Å². The van der Waals surface area contributed by atoms with Gasteiger partial charge >= 0.3 is 0 Å². The Bertz CT molecular complexity index is 89.3. The van der Waals surface area contributed by atoms with E-state index in [9.17, 15) is 5.11 Å². The van der Waals surface area contributed by atoms with E-state index in [4.69, 9.17) is 4.74 Å². The highest BCUT2D eigenvalue weighted by molar-refractivity contribution is 4.74. The van der Waals surface area contributed by atoms with E-state index < -0.39 is 0 Å². The van der Waals surface area contributed by atoms with Crippen LogP contribution in [0.25, 0.3) is 0 Å². The van der Waals surface area contributed by atoms with Gasteiger partial charge in [0.2, 0.25) is 0 Å². The van der Waals surface area contributed by atoms with Gasteiger partial charge in [0.1, 0.15) is 0 Å². The second-order valence-corrected chi connectivity index (χ2v) is 3.13. The SMILES string of the molecule is COCC(O)CCC1CC1. The Morgan fingerprint density at radius 2 is 2.30 bits per heavy atom. The zero-order valence-corrected chi connectivity index (χ0v) is 6.55. The maximum Gasteiger partial charge on any atom is 0.0773 e. The highest BCUT2D eigenvalue weighted by Crippen LogP contribution is 2.33. The van der Waals surface area contributed by atoms with Gasteiger partial charge in [-0.2, -0.15) is 0 Å². The summed E-state index contributed by atoms with van der Waals surface area (Å²) in [6, 6.07) is 0. The van der Waals surface area contributed by atoms with Gasteiger partial charge in [0.25, 0.3) is 0 Å². The first-order valence-electron chi connectivity index (χ1n) is 4.00. The Labute approximate surface area is 62.2 Å². The van der Waals surface area contributed by atoms with E-state index >= 15 is 0 Å². The molecule has 2 nitrogen and oxygen atoms in total. The number of methoxy groups -OCH3 is 1. The summed E-state index contributed by atoms with van der Waals surface area (Å²) in [5, 5.41) is 9.20. The topological polar surface area (TPSA) is 29.5 Å². The first-order chi connectivity index (χ1) is 4.83. The van der Waals surface area contributed by atoms with Crippen LogP contribution in [0.2, 0.25) is 0 Å². The van der Waals surface area contributed by atoms with Crippen LogP contribution in [0, 0.1) is 5.92 Å². The Morgan fingerprint density at radius 1 is 1.60 bits per heavy atom. The summed E-state index contributed by atoms with van der Waals surface area (Å²) >= 11 is 0. The molecule has 0 aromatic carbocycles. The molecule has 0 aromatic heterocycles. The van der Waals surface area contributed by atoms with Crippen LogP contribution >= 0.6 is 0 Å². The fraction of sp³-hybridized carbons (Fsp3) is 1.00. The van der Waals surface area contributed by atoms with E-state index in [1.807, 2.05) is 0 Å². The molecule has 1 saturated carbocycles. The summed E-state index contributed by atoms with van der Waals surface area (Å²) in [7, 11) is 1.63. The molecule has 1 atom stereocenters. The molecule has 2 heteroatoms. The van der Waals surface area contributed by atoms with E-state index in [1.54, 1.807) is 7.11 Å². The van der Waals surface area contributed by atoms with Gasteiger partial charge in [0.05, 0.1) is 12.7 Å². The lowest BCUT2D eigenvalue weighted by molar-refractivity contribution is 0.0571. The second-order valence-electron chi connectivity index (χ2n) is 3.13. The van der Waals surface area contributed by atoms with Crippen molar-refractivity contribution in [1.82, 2.24) is 0 Å². The third-order valence-electron chi connectivity index (χ3n) is 1.96. The molecule has 0 bridgehead atoms. The second kappa shape index (κ2) is 3.94. The van der Waals surface area contributed by atoms with Crippen molar-refractivity contribution in [3.63, 3.8) is 0 Å². The van der Waals surface area contributed by atoms with Gasteiger partial charge in [-0.25, -0.2) is 0 Å². The van der Waals surface area contributed by atoms with Gasteiger partial charge in [-0.3, -0.25) is 0 Å². The van der Waals surface area contributed by atoms with E-state index in [0.717, 1.165) is 12.3 Å². The summed E-state index contributed by atoms with van der Waals surface area (Å²) in [5.74, 6) is 0.923. The van der Waals surface area contributed by atoms with Crippen LogP contribution in [-0.2, 0) is 4.74 Å². The third-order valence-corrected chi connectivity index (χ3v) is 1.96. The lowest BCUT2D eigenvalue weighted by Gasteiger charge is -2.07. The lowest BCUT2D eigenvalue weighted by Crippen LogP contribution is -2.13. The Kier molecular flexibility index (Phi) is 3.16. The zero-order chi connectivity index (χ0) is 7.40. The molecule has 0 radical (unpaired) electrons. The largest absolute Gasteiger partial charge is 0.391 e. The molecule has 0 aliphatic heterocycles. The molecule has 10 heavy (non-hydrogen) atoms. The third kappa shape index (κ3) is 3.18. The molecular weight excluding hydrogens is 128 g/mol. The Balaban J connectivity index is 1.89. The first-order valence-corrected chi connectivity index (χ1v) is 4.00. The quantitative estimate of drug-likeness (QED) is 0.628. The minimum Gasteiger partial charge on any atom is -0.391 e. The number of hydrogen-bond acceptors (Lipinski definition) is 2. The van der Waals surface area contributed by atoms with Crippen molar-refractivity contribution in [2.75, 3.05) is 13.7 Å². The molecule has 1 aliphatic carbocycles. The average Bonchev–Trinajstić information content (AvgIpc) is 2.67. The highest BCUT2D eigenvalue weighted by Gasteiger charge is 2.21. The predicted octanol–water partition coefficient (Wildman–Crippen LogP) is 1.18. The van der Waals surface area contributed by atoms with Gasteiger partial charge in [-0.15, -0.1) is 0 Å². The van der Waals surface area contributed by atoms with Crippen LogP contribution in [0.3, 0.4) is 0 Å². The lowest BCUT2D eigenvalue weighted by atomic mass is 10.1.